The van der Waals surface area contributed by atoms with Gasteiger partial charge in [0.1, 0.15) is 0 Å². The van der Waals surface area contributed by atoms with Crippen molar-refractivity contribution >= 4 is 37.6 Å². The average Bonchev–Trinajstić information content (AvgIpc) is 3.29. The van der Waals surface area contributed by atoms with Crippen LogP contribution in [0.2, 0.25) is 0 Å². The van der Waals surface area contributed by atoms with E-state index in [4.69, 9.17) is 0 Å². The van der Waals surface area contributed by atoms with E-state index in [1.54, 1.807) is 0 Å². The van der Waals surface area contributed by atoms with Gasteiger partial charge in [0, 0.05) is 42.4 Å². The highest BCUT2D eigenvalue weighted by molar-refractivity contribution is 7.68. The van der Waals surface area contributed by atoms with Crippen molar-refractivity contribution in [3.05, 3.63) is 192 Å². The molecule has 4 unspecified atom stereocenters. The van der Waals surface area contributed by atoms with Crippen LogP contribution in [0.3, 0.4) is 0 Å². The van der Waals surface area contributed by atoms with E-state index in [0.29, 0.717) is 26.1 Å². The van der Waals surface area contributed by atoms with Crippen LogP contribution in [0.1, 0.15) is 70.9 Å². The number of anilines is 4. The van der Waals surface area contributed by atoms with Crippen LogP contribution in [0.15, 0.2) is 164 Å². The van der Waals surface area contributed by atoms with Crippen LogP contribution in [0.25, 0.3) is 0 Å². The molecule has 8 nitrogen and oxygen atoms in total. The molecular weight excluding hydrogens is 779 g/mol. The van der Waals surface area contributed by atoms with Crippen LogP contribution in [-0.2, 0) is 9.13 Å². The molecule has 2 aliphatic heterocycles. The molecule has 0 radical (unpaired) electrons. The van der Waals surface area contributed by atoms with E-state index >= 15 is 9.13 Å². The molecule has 4 atom stereocenters. The Kier molecular flexibility index (Phi) is 12.0. The van der Waals surface area contributed by atoms with Gasteiger partial charge in [-0.3, -0.25) is 13.8 Å². The zero-order valence-electron chi connectivity index (χ0n) is 34.2. The van der Waals surface area contributed by atoms with Crippen molar-refractivity contribution in [3.63, 3.8) is 0 Å². The highest BCUT2D eigenvalue weighted by Crippen LogP contribution is 2.73. The maximum atomic E-state index is 17.0. The van der Waals surface area contributed by atoms with Crippen molar-refractivity contribution in [1.82, 2.24) is 0 Å². The summed E-state index contributed by atoms with van der Waals surface area (Å²) < 4.78 is 41.7. The molecule has 10 heteroatoms. The molecule has 2 fully saturated rings. The SMILES string of the molecule is Cc1ccc(N2CCC(c3cccc(C(CC#N)P4(=O)N(c5ccccc5)CCCN4c4ccccc4)c3)N(c3ccc(C)cc3)P2(=O)C(CC#N)c2ccccc2)cc1. The molecule has 0 aromatic heterocycles. The van der Waals surface area contributed by atoms with Crippen molar-refractivity contribution < 1.29 is 9.13 Å². The molecule has 0 saturated carbocycles. The van der Waals surface area contributed by atoms with E-state index in [1.807, 2.05) is 166 Å². The molecule has 2 saturated heterocycles. The third-order valence-corrected chi connectivity index (χ3v) is 19.1. The van der Waals surface area contributed by atoms with Crippen molar-refractivity contribution in [2.24, 2.45) is 0 Å². The maximum absolute atomic E-state index is 17.0. The topological polar surface area (TPSA) is 94.7 Å². The third-order valence-electron chi connectivity index (χ3n) is 12.0. The first-order valence-electron chi connectivity index (χ1n) is 20.7. The Hall–Kier alpha value is -6.04. The molecule has 2 aliphatic rings. The fourth-order valence-electron chi connectivity index (χ4n) is 9.10. The van der Waals surface area contributed by atoms with Gasteiger partial charge in [0.05, 0.1) is 42.3 Å². The summed E-state index contributed by atoms with van der Waals surface area (Å²) in [4.78, 5) is 0. The Labute approximate surface area is 354 Å². The van der Waals surface area contributed by atoms with E-state index in [2.05, 4.69) is 43.0 Å². The number of nitriles is 2. The number of hydrogen-bond donors (Lipinski definition) is 0. The molecule has 0 aliphatic carbocycles. The van der Waals surface area contributed by atoms with Crippen LogP contribution in [0, 0.1) is 36.5 Å². The first-order chi connectivity index (χ1) is 29.3. The monoisotopic (exact) mass is 828 g/mol. The Morgan fingerprint density at radius 3 is 1.52 bits per heavy atom. The molecule has 0 spiro atoms. The molecular formula is C50H50N6O2P2. The smallest absolute Gasteiger partial charge is 0.271 e. The molecule has 302 valence electrons. The Morgan fingerprint density at radius 2 is 0.983 bits per heavy atom. The predicted molar refractivity (Wildman–Crippen MR) is 246 cm³/mol. The maximum Gasteiger partial charge on any atom is 0.271 e. The Morgan fingerprint density at radius 1 is 0.533 bits per heavy atom. The summed E-state index contributed by atoms with van der Waals surface area (Å²) in [6, 6.07) is 58.7. The highest BCUT2D eigenvalue weighted by Gasteiger charge is 2.52. The van der Waals surface area contributed by atoms with E-state index in [-0.39, 0.29) is 18.9 Å². The summed E-state index contributed by atoms with van der Waals surface area (Å²) in [6.07, 6.45) is 1.52. The van der Waals surface area contributed by atoms with Gasteiger partial charge >= 0.3 is 0 Å². The standard InChI is InChI=1S/C50H50N6O2P2/c1-39-22-26-46(27-23-39)55-37-32-48(56(47-28-24-40(2)25-29-47)60(55,58)49(30-33-51)41-14-6-3-7-15-41)42-16-12-17-43(38-42)50(31-34-52)59(57)53(44-18-8-4-9-19-44)35-13-36-54(59)45-20-10-5-11-21-45/h3-12,14-29,38,48-50H,13,30-32,35-37H2,1-2H3. The van der Waals surface area contributed by atoms with Crippen molar-refractivity contribution in [3.8, 4) is 12.1 Å². The molecule has 6 aromatic carbocycles. The molecule has 0 amide bonds. The predicted octanol–water partition coefficient (Wildman–Crippen LogP) is 13.2. The molecule has 0 N–H and O–H groups in total. The van der Waals surface area contributed by atoms with Crippen LogP contribution < -0.4 is 18.7 Å². The third kappa shape index (κ3) is 7.63. The minimum absolute atomic E-state index is 0.0394. The molecule has 8 rings (SSSR count). The van der Waals surface area contributed by atoms with E-state index < -0.39 is 26.2 Å². The zero-order chi connectivity index (χ0) is 41.7. The summed E-state index contributed by atoms with van der Waals surface area (Å²) in [6.45, 7) is 5.75. The number of hydrogen-bond acceptors (Lipinski definition) is 4. The quantitative estimate of drug-likeness (QED) is 0.119. The van der Waals surface area contributed by atoms with Gasteiger partial charge in [-0.2, -0.15) is 10.5 Å². The lowest BCUT2D eigenvalue weighted by atomic mass is 9.98. The summed E-state index contributed by atoms with van der Waals surface area (Å²) >= 11 is 0. The number of nitrogens with zero attached hydrogens (tertiary/aromatic N) is 6. The summed E-state index contributed by atoms with van der Waals surface area (Å²) in [7, 11) is -7.33. The number of benzene rings is 6. The largest absolute Gasteiger partial charge is 0.306 e. The number of rotatable bonds is 11. The lowest BCUT2D eigenvalue weighted by Gasteiger charge is -2.52. The van der Waals surface area contributed by atoms with Crippen LogP contribution >= 0.6 is 14.9 Å². The normalized spacial score (nSPS) is 19.8. The van der Waals surface area contributed by atoms with Gasteiger partial charge < -0.3 is 14.0 Å². The molecule has 0 bridgehead atoms. The van der Waals surface area contributed by atoms with Gasteiger partial charge in [-0.25, -0.2) is 0 Å². The zero-order valence-corrected chi connectivity index (χ0v) is 36.0. The molecule has 60 heavy (non-hydrogen) atoms. The van der Waals surface area contributed by atoms with Crippen LogP contribution in [0.4, 0.5) is 22.7 Å². The molecule has 2 heterocycles. The lowest BCUT2D eigenvalue weighted by Crippen LogP contribution is -2.43. The van der Waals surface area contributed by atoms with Crippen molar-refractivity contribution in [2.45, 2.75) is 56.9 Å². The molecule has 6 aromatic rings. The van der Waals surface area contributed by atoms with Crippen LogP contribution in [-0.4, -0.2) is 19.6 Å². The van der Waals surface area contributed by atoms with Gasteiger partial charge in [-0.05, 0) is 91.9 Å². The minimum Gasteiger partial charge on any atom is -0.306 e. The summed E-state index contributed by atoms with van der Waals surface area (Å²) in [5, 5.41) is 21.0. The van der Waals surface area contributed by atoms with Gasteiger partial charge in [0.25, 0.3) is 14.9 Å². The minimum atomic E-state index is -3.75. The fourth-order valence-corrected chi connectivity index (χ4v) is 16.4. The Bertz CT molecular complexity index is 2530. The van der Waals surface area contributed by atoms with Crippen LogP contribution in [0.5, 0.6) is 0 Å². The van der Waals surface area contributed by atoms with Gasteiger partial charge in [0.15, 0.2) is 0 Å². The highest BCUT2D eigenvalue weighted by atomic mass is 31.2. The van der Waals surface area contributed by atoms with Gasteiger partial charge in [0.2, 0.25) is 0 Å². The second-order valence-corrected chi connectivity index (χ2v) is 21.2. The van der Waals surface area contributed by atoms with E-state index in [0.717, 1.165) is 57.0 Å². The number of para-hydroxylation sites is 2. The van der Waals surface area contributed by atoms with E-state index in [1.165, 1.54) is 0 Å². The fraction of sp³-hybridized carbons (Fsp3) is 0.240. The lowest BCUT2D eigenvalue weighted by molar-refractivity contribution is 0.522. The Balaban J connectivity index is 1.31. The van der Waals surface area contributed by atoms with E-state index in [9.17, 15) is 10.5 Å². The van der Waals surface area contributed by atoms with Gasteiger partial charge in [-0.15, -0.1) is 0 Å². The number of aryl methyl sites for hydroxylation is 2. The second-order valence-electron chi connectivity index (χ2n) is 15.7. The second kappa shape index (κ2) is 17.7. The van der Waals surface area contributed by atoms with Crippen molar-refractivity contribution in [2.75, 3.05) is 38.3 Å². The first-order valence-corrected chi connectivity index (χ1v) is 24.1. The summed E-state index contributed by atoms with van der Waals surface area (Å²) in [5.41, 5.74) is 6.82. The average molecular weight is 829 g/mol. The summed E-state index contributed by atoms with van der Waals surface area (Å²) in [5.74, 6) is 0. The van der Waals surface area contributed by atoms with Gasteiger partial charge in [-0.1, -0.05) is 126 Å². The van der Waals surface area contributed by atoms with Crippen molar-refractivity contribution in [1.29, 1.82) is 10.5 Å². The first kappa shape index (κ1) is 40.7.